The number of rotatable bonds is 7. The van der Waals surface area contributed by atoms with Gasteiger partial charge < -0.3 is 20.5 Å². The van der Waals surface area contributed by atoms with E-state index in [0.717, 1.165) is 23.5 Å². The Morgan fingerprint density at radius 2 is 1.93 bits per heavy atom. The molecule has 146 valence electrons. The van der Waals surface area contributed by atoms with Crippen molar-refractivity contribution in [3.05, 3.63) is 59.4 Å². The largest absolute Gasteiger partial charge is 0.505 e. The highest BCUT2D eigenvalue weighted by molar-refractivity contribution is 14.0. The molecule has 2 aromatic rings. The lowest BCUT2D eigenvalue weighted by atomic mass is 10.2. The van der Waals surface area contributed by atoms with Crippen LogP contribution >= 0.6 is 24.0 Å². The van der Waals surface area contributed by atoms with E-state index in [2.05, 4.69) is 15.6 Å². The van der Waals surface area contributed by atoms with Gasteiger partial charge in [-0.1, -0.05) is 24.3 Å². The molecule has 0 aromatic heterocycles. The molecule has 0 radical (unpaired) electrons. The molecule has 0 saturated heterocycles. The summed E-state index contributed by atoms with van der Waals surface area (Å²) in [6.07, 6.45) is 2.52. The third kappa shape index (κ3) is 6.57. The Hall–Kier alpha value is -2.03. The standard InChI is InChI=1S/C20H24FN3O2.HI/c1-22-20(23-11-15-8-9-18(25)17(21)10-15)24-12-16-4-2-3-5-19(16)26-13-14-6-7-14;/h2-5,8-10,14,25H,6-7,11-13H2,1H3,(H2,22,23,24);1H. The second-order valence-corrected chi connectivity index (χ2v) is 6.43. The van der Waals surface area contributed by atoms with Crippen LogP contribution in [-0.4, -0.2) is 24.7 Å². The topological polar surface area (TPSA) is 65.9 Å². The van der Waals surface area contributed by atoms with Gasteiger partial charge in [0.2, 0.25) is 0 Å². The number of phenols is 1. The van der Waals surface area contributed by atoms with Crippen LogP contribution in [0.4, 0.5) is 4.39 Å². The minimum atomic E-state index is -0.631. The van der Waals surface area contributed by atoms with Gasteiger partial charge in [0.1, 0.15) is 5.75 Å². The Kier molecular flexibility index (Phi) is 8.15. The molecule has 0 bridgehead atoms. The van der Waals surface area contributed by atoms with Crippen molar-refractivity contribution in [2.75, 3.05) is 13.7 Å². The first-order valence-corrected chi connectivity index (χ1v) is 8.78. The lowest BCUT2D eigenvalue weighted by molar-refractivity contribution is 0.296. The molecule has 0 amide bonds. The van der Waals surface area contributed by atoms with Gasteiger partial charge in [0, 0.05) is 25.7 Å². The maximum atomic E-state index is 13.4. The first kappa shape index (κ1) is 21.3. The number of phenolic OH excluding ortho intramolecular Hbond substituents is 1. The van der Waals surface area contributed by atoms with Gasteiger partial charge in [0.15, 0.2) is 17.5 Å². The maximum Gasteiger partial charge on any atom is 0.191 e. The Morgan fingerprint density at radius 1 is 1.19 bits per heavy atom. The summed E-state index contributed by atoms with van der Waals surface area (Å²) in [6.45, 7) is 1.75. The van der Waals surface area contributed by atoms with Crippen molar-refractivity contribution >= 4 is 29.9 Å². The number of benzene rings is 2. The molecule has 27 heavy (non-hydrogen) atoms. The van der Waals surface area contributed by atoms with Crippen molar-refractivity contribution in [2.45, 2.75) is 25.9 Å². The molecule has 7 heteroatoms. The van der Waals surface area contributed by atoms with Crippen LogP contribution in [0.15, 0.2) is 47.5 Å². The van der Waals surface area contributed by atoms with Gasteiger partial charge in [-0.3, -0.25) is 4.99 Å². The summed E-state index contributed by atoms with van der Waals surface area (Å²) in [5, 5.41) is 15.6. The summed E-state index contributed by atoms with van der Waals surface area (Å²) in [4.78, 5) is 4.18. The average Bonchev–Trinajstić information content (AvgIpc) is 3.48. The minimum Gasteiger partial charge on any atom is -0.505 e. The fraction of sp³-hybridized carbons (Fsp3) is 0.350. The van der Waals surface area contributed by atoms with Crippen LogP contribution < -0.4 is 15.4 Å². The van der Waals surface area contributed by atoms with Crippen LogP contribution in [0.1, 0.15) is 24.0 Å². The monoisotopic (exact) mass is 485 g/mol. The van der Waals surface area contributed by atoms with Crippen molar-refractivity contribution in [3.8, 4) is 11.5 Å². The SMILES string of the molecule is CN=C(NCc1ccc(O)c(F)c1)NCc1ccccc1OCC1CC1.I. The molecule has 0 heterocycles. The van der Waals surface area contributed by atoms with Gasteiger partial charge in [0.05, 0.1) is 6.61 Å². The summed E-state index contributed by atoms with van der Waals surface area (Å²) < 4.78 is 19.3. The van der Waals surface area contributed by atoms with E-state index in [1.54, 1.807) is 13.1 Å². The third-order valence-electron chi connectivity index (χ3n) is 4.29. The van der Waals surface area contributed by atoms with Crippen LogP contribution in [0.2, 0.25) is 0 Å². The number of ether oxygens (including phenoxy) is 1. The van der Waals surface area contributed by atoms with E-state index in [-0.39, 0.29) is 29.7 Å². The smallest absolute Gasteiger partial charge is 0.191 e. The zero-order chi connectivity index (χ0) is 18.4. The molecule has 1 fully saturated rings. The first-order chi connectivity index (χ1) is 12.7. The van der Waals surface area contributed by atoms with Crippen molar-refractivity contribution in [2.24, 2.45) is 10.9 Å². The van der Waals surface area contributed by atoms with E-state index in [4.69, 9.17) is 4.74 Å². The molecule has 0 spiro atoms. The van der Waals surface area contributed by atoms with Gasteiger partial charge >= 0.3 is 0 Å². The lowest BCUT2D eigenvalue weighted by Crippen LogP contribution is -2.36. The van der Waals surface area contributed by atoms with Gasteiger partial charge in [0.25, 0.3) is 0 Å². The molecule has 3 N–H and O–H groups in total. The summed E-state index contributed by atoms with van der Waals surface area (Å²) in [5.41, 5.74) is 1.78. The van der Waals surface area contributed by atoms with Gasteiger partial charge in [-0.2, -0.15) is 0 Å². The molecular formula is C20H25FIN3O2. The van der Waals surface area contributed by atoms with Gasteiger partial charge in [-0.05, 0) is 42.5 Å². The van der Waals surface area contributed by atoms with E-state index in [0.29, 0.717) is 25.0 Å². The molecule has 1 saturated carbocycles. The quantitative estimate of drug-likeness (QED) is 0.317. The molecule has 1 aliphatic carbocycles. The number of aliphatic imine (C=N–C) groups is 1. The number of halogens is 2. The van der Waals surface area contributed by atoms with E-state index in [1.165, 1.54) is 25.0 Å². The van der Waals surface area contributed by atoms with Gasteiger partial charge in [-0.15, -0.1) is 24.0 Å². The number of aromatic hydroxyl groups is 1. The molecule has 0 atom stereocenters. The maximum absolute atomic E-state index is 13.4. The van der Waals surface area contributed by atoms with Crippen LogP contribution in [0.25, 0.3) is 0 Å². The second kappa shape index (κ2) is 10.3. The zero-order valence-electron chi connectivity index (χ0n) is 15.2. The molecule has 0 aliphatic heterocycles. The van der Waals surface area contributed by atoms with Crippen molar-refractivity contribution in [1.82, 2.24) is 10.6 Å². The van der Waals surface area contributed by atoms with Crippen LogP contribution in [0.3, 0.4) is 0 Å². The van der Waals surface area contributed by atoms with Crippen LogP contribution in [0, 0.1) is 11.7 Å². The lowest BCUT2D eigenvalue weighted by Gasteiger charge is -2.15. The van der Waals surface area contributed by atoms with Gasteiger partial charge in [-0.25, -0.2) is 4.39 Å². The fourth-order valence-corrected chi connectivity index (χ4v) is 2.53. The highest BCUT2D eigenvalue weighted by Crippen LogP contribution is 2.30. The highest BCUT2D eigenvalue weighted by atomic mass is 127. The molecule has 1 aliphatic rings. The average molecular weight is 485 g/mol. The predicted molar refractivity (Wildman–Crippen MR) is 115 cm³/mol. The number of nitrogens with zero attached hydrogens (tertiary/aromatic N) is 1. The number of guanidine groups is 1. The Bertz CT molecular complexity index is 782. The summed E-state index contributed by atoms with van der Waals surface area (Å²) in [7, 11) is 1.68. The molecule has 2 aromatic carbocycles. The zero-order valence-corrected chi connectivity index (χ0v) is 17.6. The highest BCUT2D eigenvalue weighted by Gasteiger charge is 2.22. The Morgan fingerprint density at radius 3 is 2.63 bits per heavy atom. The third-order valence-corrected chi connectivity index (χ3v) is 4.29. The second-order valence-electron chi connectivity index (χ2n) is 6.43. The van der Waals surface area contributed by atoms with E-state index in [1.807, 2.05) is 24.3 Å². The van der Waals surface area contributed by atoms with Crippen LogP contribution in [0.5, 0.6) is 11.5 Å². The normalized spacial score (nSPS) is 13.6. The van der Waals surface area contributed by atoms with E-state index < -0.39 is 5.82 Å². The number of para-hydroxylation sites is 1. The summed E-state index contributed by atoms with van der Waals surface area (Å²) in [6, 6.07) is 12.3. The van der Waals surface area contributed by atoms with Crippen LogP contribution in [-0.2, 0) is 13.1 Å². The molecular weight excluding hydrogens is 460 g/mol. The molecule has 5 nitrogen and oxygen atoms in total. The fourth-order valence-electron chi connectivity index (χ4n) is 2.53. The number of hydrogen-bond donors (Lipinski definition) is 3. The van der Waals surface area contributed by atoms with Crippen molar-refractivity contribution < 1.29 is 14.2 Å². The van der Waals surface area contributed by atoms with E-state index >= 15 is 0 Å². The number of hydrogen-bond acceptors (Lipinski definition) is 3. The number of nitrogens with one attached hydrogen (secondary N) is 2. The summed E-state index contributed by atoms with van der Waals surface area (Å²) >= 11 is 0. The van der Waals surface area contributed by atoms with Crippen molar-refractivity contribution in [1.29, 1.82) is 0 Å². The summed E-state index contributed by atoms with van der Waals surface area (Å²) in [5.74, 6) is 1.22. The Labute approximate surface area is 176 Å². The van der Waals surface area contributed by atoms with E-state index in [9.17, 15) is 9.50 Å². The molecule has 3 rings (SSSR count). The Balaban J connectivity index is 0.00000261. The minimum absolute atomic E-state index is 0. The first-order valence-electron chi connectivity index (χ1n) is 8.78. The predicted octanol–water partition coefficient (Wildman–Crippen LogP) is 3.80. The molecule has 0 unspecified atom stereocenters. The van der Waals surface area contributed by atoms with Crippen molar-refractivity contribution in [3.63, 3.8) is 0 Å².